The normalized spacial score (nSPS) is 14.8. The van der Waals surface area contributed by atoms with Gasteiger partial charge >= 0.3 is 11.9 Å². The molecule has 0 aliphatic carbocycles. The number of aliphatic hydroxyl groups is 1. The lowest BCUT2D eigenvalue weighted by Gasteiger charge is -2.28. The highest BCUT2D eigenvalue weighted by Gasteiger charge is 2.22. The van der Waals surface area contributed by atoms with E-state index in [2.05, 4.69) is 74.6 Å². The van der Waals surface area contributed by atoms with E-state index in [4.69, 9.17) is 18.5 Å². The summed E-state index contributed by atoms with van der Waals surface area (Å²) in [6.45, 7) is 3.84. The summed E-state index contributed by atoms with van der Waals surface area (Å²) in [7, 11) is 1.03. The number of carbonyl (C=O) groups is 2. The number of carbonyl (C=O) groups excluding carboxylic acids is 2. The molecule has 0 fully saturated rings. The smallest absolute Gasteiger partial charge is 0.306 e. The van der Waals surface area contributed by atoms with Crippen LogP contribution in [0.25, 0.3) is 0 Å². The lowest BCUT2D eigenvalue weighted by Crippen LogP contribution is -2.37. The monoisotopic (exact) mass is 876 g/mol. The lowest BCUT2D eigenvalue weighted by atomic mass is 10.1. The Hall–Kier alpha value is -2.85. The number of aliphatic hydroxyl groups excluding tert-OH is 1. The fraction of sp³-hybridized carbons (Fsp3) is 0.680. The number of allylic oxidation sites excluding steroid dienone is 13. The van der Waals surface area contributed by atoms with E-state index in [9.17, 15) is 24.2 Å². The summed E-state index contributed by atoms with van der Waals surface area (Å²) in [5.41, 5.74) is 0. The van der Waals surface area contributed by atoms with Crippen molar-refractivity contribution in [3.05, 3.63) is 85.1 Å². The van der Waals surface area contributed by atoms with E-state index in [0.717, 1.165) is 57.8 Å². The van der Waals surface area contributed by atoms with Gasteiger partial charge in [-0.05, 0) is 77.0 Å². The fourth-order valence-corrected chi connectivity index (χ4v) is 6.56. The predicted molar refractivity (Wildman–Crippen MR) is 251 cm³/mol. The third-order valence-electron chi connectivity index (χ3n) is 9.50. The number of rotatable bonds is 41. The molecule has 0 rings (SSSR count). The number of quaternary nitrogens is 1. The maximum Gasteiger partial charge on any atom is 0.306 e. The van der Waals surface area contributed by atoms with E-state index in [1.165, 1.54) is 57.8 Å². The van der Waals surface area contributed by atoms with Gasteiger partial charge < -0.3 is 33.0 Å². The summed E-state index contributed by atoms with van der Waals surface area (Å²) in [5.74, 6) is -1.05. The third kappa shape index (κ3) is 45.0. The number of hydrogen-bond acceptors (Lipinski definition) is 9. The van der Waals surface area contributed by atoms with Crippen LogP contribution in [0, 0.1) is 0 Å². The zero-order valence-corrected chi connectivity index (χ0v) is 39.8. The van der Waals surface area contributed by atoms with Crippen molar-refractivity contribution in [2.45, 2.75) is 174 Å². The molecule has 11 heteroatoms. The van der Waals surface area contributed by atoms with Crippen molar-refractivity contribution in [1.82, 2.24) is 0 Å². The molecule has 0 saturated carbocycles. The molecule has 0 bridgehead atoms. The molecule has 0 aromatic carbocycles. The highest BCUT2D eigenvalue weighted by Crippen LogP contribution is 2.38. The highest BCUT2D eigenvalue weighted by atomic mass is 31.2. The van der Waals surface area contributed by atoms with Crippen LogP contribution >= 0.6 is 7.82 Å². The topological polar surface area (TPSA) is 131 Å². The molecule has 3 atom stereocenters. The molecule has 0 saturated heterocycles. The molecule has 0 radical (unpaired) electrons. The Morgan fingerprint density at radius 3 is 1.74 bits per heavy atom. The van der Waals surface area contributed by atoms with Crippen LogP contribution in [0.3, 0.4) is 0 Å². The van der Waals surface area contributed by atoms with Gasteiger partial charge in [0.25, 0.3) is 7.82 Å². The highest BCUT2D eigenvalue weighted by molar-refractivity contribution is 7.45. The zero-order chi connectivity index (χ0) is 45.1. The second kappa shape index (κ2) is 41.2. The molecule has 0 aromatic rings. The maximum atomic E-state index is 12.7. The first-order valence-corrected chi connectivity index (χ1v) is 24.9. The van der Waals surface area contributed by atoms with Crippen LogP contribution < -0.4 is 4.89 Å². The van der Waals surface area contributed by atoms with E-state index >= 15 is 0 Å². The van der Waals surface area contributed by atoms with Gasteiger partial charge in [-0.2, -0.15) is 0 Å². The van der Waals surface area contributed by atoms with E-state index in [0.29, 0.717) is 30.3 Å². The molecule has 2 unspecified atom stereocenters. The minimum Gasteiger partial charge on any atom is -0.756 e. The molecule has 350 valence electrons. The van der Waals surface area contributed by atoms with E-state index < -0.39 is 38.6 Å². The molecule has 10 nitrogen and oxygen atoms in total. The Morgan fingerprint density at radius 2 is 1.15 bits per heavy atom. The van der Waals surface area contributed by atoms with E-state index in [-0.39, 0.29) is 26.1 Å². The number of likely N-dealkylation sites (N-methyl/N-ethyl adjacent to an activating group) is 1. The van der Waals surface area contributed by atoms with E-state index in [1.807, 2.05) is 33.3 Å². The van der Waals surface area contributed by atoms with Crippen molar-refractivity contribution >= 4 is 19.8 Å². The van der Waals surface area contributed by atoms with Gasteiger partial charge in [-0.15, -0.1) is 0 Å². The number of esters is 2. The number of ether oxygens (including phenoxy) is 2. The van der Waals surface area contributed by atoms with Crippen molar-refractivity contribution < 1.29 is 47.2 Å². The van der Waals surface area contributed by atoms with Crippen molar-refractivity contribution in [1.29, 1.82) is 0 Å². The van der Waals surface area contributed by atoms with Crippen molar-refractivity contribution in [3.8, 4) is 0 Å². The van der Waals surface area contributed by atoms with E-state index in [1.54, 1.807) is 12.2 Å². The average molecular weight is 876 g/mol. The van der Waals surface area contributed by atoms with Gasteiger partial charge in [0.2, 0.25) is 0 Å². The van der Waals surface area contributed by atoms with Gasteiger partial charge in [0, 0.05) is 12.8 Å². The standard InChI is InChI=1S/C50H86NO9P/c1-6-8-10-12-14-16-18-20-21-22-23-24-25-27-29-31-33-35-37-41-49(53)57-45-48(46-59-61(55,56)58-44-43-51(3,4)5)60-50(54)42-38-40-47(52)39-36-34-32-30-28-26-19-17-15-13-11-9-7-2/h9,11,14-17,20-21,26,28,32,34,36,39,47-48,52H,6-8,10,12-13,18-19,22-25,27,29-31,33,35,37-38,40-46H2,1-5H3/b11-9-,16-14-,17-15-,21-20-,28-26-,34-32-,39-36+/t47?,48-/m1/s1. The van der Waals surface area contributed by atoms with Crippen LogP contribution in [0.4, 0.5) is 0 Å². The summed E-state index contributed by atoms with van der Waals surface area (Å²) in [6.07, 6.45) is 49.3. The zero-order valence-electron chi connectivity index (χ0n) is 38.9. The first-order chi connectivity index (χ1) is 29.4. The molecule has 0 heterocycles. The molecule has 0 spiro atoms. The van der Waals surface area contributed by atoms with Crippen LogP contribution in [-0.2, 0) is 32.7 Å². The fourth-order valence-electron chi connectivity index (χ4n) is 5.83. The average Bonchev–Trinajstić information content (AvgIpc) is 3.21. The summed E-state index contributed by atoms with van der Waals surface area (Å²) >= 11 is 0. The summed E-state index contributed by atoms with van der Waals surface area (Å²) in [6, 6.07) is 0. The molecule has 1 N–H and O–H groups in total. The van der Waals surface area contributed by atoms with Crippen LogP contribution in [0.2, 0.25) is 0 Å². The first-order valence-electron chi connectivity index (χ1n) is 23.4. The second-order valence-electron chi connectivity index (χ2n) is 16.6. The number of phosphoric acid groups is 1. The lowest BCUT2D eigenvalue weighted by molar-refractivity contribution is -0.870. The number of hydrogen-bond donors (Lipinski definition) is 1. The molecule has 61 heavy (non-hydrogen) atoms. The van der Waals surface area contributed by atoms with Crippen molar-refractivity contribution in [3.63, 3.8) is 0 Å². The molecule has 0 aliphatic heterocycles. The Labute approximate surface area is 372 Å². The summed E-state index contributed by atoms with van der Waals surface area (Å²) in [5, 5.41) is 10.3. The Bertz CT molecular complexity index is 1330. The van der Waals surface area contributed by atoms with Gasteiger partial charge in [-0.1, -0.05) is 157 Å². The number of nitrogens with zero attached hydrogens (tertiary/aromatic N) is 1. The minimum absolute atomic E-state index is 0.0109. The summed E-state index contributed by atoms with van der Waals surface area (Å²) < 4.78 is 33.8. The van der Waals surface area contributed by atoms with Gasteiger partial charge in [0.05, 0.1) is 33.9 Å². The van der Waals surface area contributed by atoms with Crippen LogP contribution in [0.5, 0.6) is 0 Å². The largest absolute Gasteiger partial charge is 0.756 e. The molecular weight excluding hydrogens is 790 g/mol. The molecule has 0 aliphatic rings. The van der Waals surface area contributed by atoms with Gasteiger partial charge in [0.1, 0.15) is 19.8 Å². The van der Waals surface area contributed by atoms with Crippen LogP contribution in [-0.4, -0.2) is 81.2 Å². The maximum absolute atomic E-state index is 12.7. The molecule has 0 aromatic heterocycles. The quantitative estimate of drug-likeness (QED) is 0.0159. The number of phosphoric ester groups is 1. The Kier molecular flexibility index (Phi) is 39.3. The summed E-state index contributed by atoms with van der Waals surface area (Å²) in [4.78, 5) is 37.6. The van der Waals surface area contributed by atoms with Gasteiger partial charge in [0.15, 0.2) is 6.10 Å². The van der Waals surface area contributed by atoms with Crippen molar-refractivity contribution in [2.75, 3.05) is 47.5 Å². The van der Waals surface area contributed by atoms with Gasteiger partial charge in [-0.3, -0.25) is 14.2 Å². The molecule has 0 amide bonds. The van der Waals surface area contributed by atoms with Crippen LogP contribution in [0.1, 0.15) is 162 Å². The molecular formula is C50H86NO9P. The number of unbranched alkanes of at least 4 members (excludes halogenated alkanes) is 12. The Balaban J connectivity index is 4.51. The second-order valence-corrected chi connectivity index (χ2v) is 18.0. The van der Waals surface area contributed by atoms with Crippen molar-refractivity contribution in [2.24, 2.45) is 0 Å². The predicted octanol–water partition coefficient (Wildman–Crippen LogP) is 11.9. The third-order valence-corrected chi connectivity index (χ3v) is 10.5. The van der Waals surface area contributed by atoms with Crippen LogP contribution in [0.15, 0.2) is 85.1 Å². The van der Waals surface area contributed by atoms with Gasteiger partial charge in [-0.25, -0.2) is 0 Å². The Morgan fingerprint density at radius 1 is 0.623 bits per heavy atom. The minimum atomic E-state index is -4.69. The SMILES string of the molecule is CC/C=C\C/C=C\C/C=C\C/C=C\C=C\C(O)CCCC(=O)O[C@H](COC(=O)CCCCCCCCCCC/C=C\C/C=C\CCCCC)COP(=O)([O-])OCC[N+](C)(C)C. The first kappa shape index (κ1) is 58.1.